The summed E-state index contributed by atoms with van der Waals surface area (Å²) >= 11 is 0. The number of amides is 2. The van der Waals surface area contributed by atoms with Gasteiger partial charge in [-0.1, -0.05) is 20.3 Å². The summed E-state index contributed by atoms with van der Waals surface area (Å²) < 4.78 is 0. The minimum Gasteiger partial charge on any atom is -0.385 e. The summed E-state index contributed by atoms with van der Waals surface area (Å²) in [5, 5.41) is 6.25. The molecule has 140 valence electrons. The summed E-state index contributed by atoms with van der Waals surface area (Å²) in [5.41, 5.74) is 12.3. The molecular weight excluding hydrogens is 316 g/mol. The van der Waals surface area contributed by atoms with Gasteiger partial charge in [0.1, 0.15) is 0 Å². The highest BCUT2D eigenvalue weighted by molar-refractivity contribution is 5.94. The van der Waals surface area contributed by atoms with Gasteiger partial charge in [0.05, 0.1) is 6.04 Å². The fraction of sp³-hybridized carbons (Fsp3) is 0.579. The number of carbonyl (C=O) groups is 2. The van der Waals surface area contributed by atoms with Crippen LogP contribution >= 0.6 is 0 Å². The van der Waals surface area contributed by atoms with E-state index in [2.05, 4.69) is 24.5 Å². The van der Waals surface area contributed by atoms with E-state index in [1.807, 2.05) is 24.3 Å². The first-order valence-corrected chi connectivity index (χ1v) is 9.11. The van der Waals surface area contributed by atoms with Gasteiger partial charge in [0.15, 0.2) is 0 Å². The molecular formula is C19H32N4O2. The standard InChI is InChI=1S/C19H32N4O2/c1-3-14(2)11-13-22-16-9-7-15(8-10-16)19(25)23-12-5-4-6-17(20)18(21)24/h7-10,14,17,22H,3-6,11-13,20H2,1-2H3,(H2,21,24)(H,23,25). The molecule has 0 aromatic heterocycles. The Labute approximate surface area is 150 Å². The van der Waals surface area contributed by atoms with Crippen LogP contribution in [0.3, 0.4) is 0 Å². The van der Waals surface area contributed by atoms with E-state index in [-0.39, 0.29) is 5.91 Å². The lowest BCUT2D eigenvalue weighted by atomic mass is 10.1. The van der Waals surface area contributed by atoms with E-state index in [1.54, 1.807) is 0 Å². The fourth-order valence-electron chi connectivity index (χ4n) is 2.34. The van der Waals surface area contributed by atoms with Crippen molar-refractivity contribution < 1.29 is 9.59 Å². The maximum Gasteiger partial charge on any atom is 0.251 e. The molecule has 0 aliphatic rings. The predicted octanol–water partition coefficient (Wildman–Crippen LogP) is 2.25. The van der Waals surface area contributed by atoms with Crippen LogP contribution in [0.25, 0.3) is 0 Å². The van der Waals surface area contributed by atoms with E-state index in [0.717, 1.165) is 37.4 Å². The van der Waals surface area contributed by atoms with Crippen molar-refractivity contribution in [3.05, 3.63) is 29.8 Å². The summed E-state index contributed by atoms with van der Waals surface area (Å²) in [7, 11) is 0. The Hall–Kier alpha value is -2.08. The maximum atomic E-state index is 12.1. The number of carbonyl (C=O) groups excluding carboxylic acids is 2. The van der Waals surface area contributed by atoms with E-state index in [1.165, 1.54) is 6.42 Å². The smallest absolute Gasteiger partial charge is 0.251 e. The number of primary amides is 1. The van der Waals surface area contributed by atoms with E-state index in [4.69, 9.17) is 11.5 Å². The molecule has 1 aromatic rings. The fourth-order valence-corrected chi connectivity index (χ4v) is 2.34. The van der Waals surface area contributed by atoms with Crippen LogP contribution in [0.4, 0.5) is 5.69 Å². The largest absolute Gasteiger partial charge is 0.385 e. The molecule has 25 heavy (non-hydrogen) atoms. The first kappa shape index (κ1) is 21.0. The van der Waals surface area contributed by atoms with Gasteiger partial charge in [-0.25, -0.2) is 0 Å². The van der Waals surface area contributed by atoms with Gasteiger partial charge in [0.2, 0.25) is 5.91 Å². The molecule has 0 saturated heterocycles. The molecule has 0 spiro atoms. The molecule has 2 unspecified atom stereocenters. The van der Waals surface area contributed by atoms with E-state index >= 15 is 0 Å². The normalized spacial score (nSPS) is 13.1. The second kappa shape index (κ2) is 11.5. The van der Waals surface area contributed by atoms with Crippen LogP contribution < -0.4 is 22.1 Å². The molecule has 1 aromatic carbocycles. The number of nitrogens with two attached hydrogens (primary N) is 2. The molecule has 6 nitrogen and oxygen atoms in total. The van der Waals surface area contributed by atoms with Gasteiger partial charge in [0.25, 0.3) is 5.91 Å². The molecule has 0 bridgehead atoms. The van der Waals surface area contributed by atoms with Crippen LogP contribution in [0.5, 0.6) is 0 Å². The Morgan fingerprint density at radius 1 is 1.08 bits per heavy atom. The molecule has 6 heteroatoms. The Balaban J connectivity index is 2.26. The van der Waals surface area contributed by atoms with Crippen LogP contribution in [-0.2, 0) is 4.79 Å². The predicted molar refractivity (Wildman–Crippen MR) is 102 cm³/mol. The van der Waals surface area contributed by atoms with Crippen molar-refractivity contribution in [3.8, 4) is 0 Å². The molecule has 0 radical (unpaired) electrons. The molecule has 0 fully saturated rings. The third kappa shape index (κ3) is 8.54. The first-order valence-electron chi connectivity index (χ1n) is 9.11. The summed E-state index contributed by atoms with van der Waals surface area (Å²) in [6.07, 6.45) is 4.39. The van der Waals surface area contributed by atoms with Crippen molar-refractivity contribution in [1.82, 2.24) is 5.32 Å². The van der Waals surface area contributed by atoms with Gasteiger partial charge in [-0.15, -0.1) is 0 Å². The van der Waals surface area contributed by atoms with Gasteiger partial charge in [-0.3, -0.25) is 9.59 Å². The monoisotopic (exact) mass is 348 g/mol. The Morgan fingerprint density at radius 2 is 1.76 bits per heavy atom. The van der Waals surface area contributed by atoms with E-state index < -0.39 is 11.9 Å². The minimum atomic E-state index is -0.601. The van der Waals surface area contributed by atoms with Gasteiger partial charge >= 0.3 is 0 Å². The zero-order valence-corrected chi connectivity index (χ0v) is 15.4. The van der Waals surface area contributed by atoms with E-state index in [0.29, 0.717) is 18.5 Å². The molecule has 2 amide bonds. The third-order valence-electron chi connectivity index (χ3n) is 4.40. The summed E-state index contributed by atoms with van der Waals surface area (Å²) in [6, 6.07) is 6.90. The van der Waals surface area contributed by atoms with Crippen LogP contribution in [-0.4, -0.2) is 30.9 Å². The van der Waals surface area contributed by atoms with Crippen molar-refractivity contribution in [3.63, 3.8) is 0 Å². The zero-order chi connectivity index (χ0) is 18.7. The van der Waals surface area contributed by atoms with Gasteiger partial charge in [-0.05, 0) is 55.9 Å². The zero-order valence-electron chi connectivity index (χ0n) is 15.4. The second-order valence-electron chi connectivity index (χ2n) is 6.57. The Bertz CT molecular complexity index is 531. The molecule has 0 aliphatic heterocycles. The highest BCUT2D eigenvalue weighted by Gasteiger charge is 2.09. The number of nitrogens with one attached hydrogen (secondary N) is 2. The number of rotatable bonds is 12. The van der Waals surface area contributed by atoms with Crippen LogP contribution in [0.1, 0.15) is 56.3 Å². The summed E-state index contributed by atoms with van der Waals surface area (Å²) in [4.78, 5) is 22.9. The summed E-state index contributed by atoms with van der Waals surface area (Å²) in [5.74, 6) is 0.141. The number of unbranched alkanes of at least 4 members (excludes halogenated alkanes) is 1. The lowest BCUT2D eigenvalue weighted by molar-refractivity contribution is -0.119. The molecule has 0 heterocycles. The minimum absolute atomic E-state index is 0.0923. The average Bonchev–Trinajstić information content (AvgIpc) is 2.61. The van der Waals surface area contributed by atoms with Crippen LogP contribution in [0.15, 0.2) is 24.3 Å². The number of benzene rings is 1. The number of anilines is 1. The van der Waals surface area contributed by atoms with Gasteiger partial charge in [-0.2, -0.15) is 0 Å². The average molecular weight is 348 g/mol. The lowest BCUT2D eigenvalue weighted by Gasteiger charge is -2.11. The SMILES string of the molecule is CCC(C)CCNc1ccc(C(=O)NCCCCC(N)C(N)=O)cc1. The summed E-state index contributed by atoms with van der Waals surface area (Å²) in [6.45, 7) is 5.94. The first-order chi connectivity index (χ1) is 11.9. The second-order valence-corrected chi connectivity index (χ2v) is 6.57. The molecule has 0 saturated carbocycles. The van der Waals surface area contributed by atoms with Crippen LogP contribution in [0.2, 0.25) is 0 Å². The highest BCUT2D eigenvalue weighted by Crippen LogP contribution is 2.12. The van der Waals surface area contributed by atoms with Gasteiger partial charge < -0.3 is 22.1 Å². The number of hydrogen-bond donors (Lipinski definition) is 4. The van der Waals surface area contributed by atoms with Crippen molar-refractivity contribution >= 4 is 17.5 Å². The molecule has 0 aliphatic carbocycles. The van der Waals surface area contributed by atoms with Gasteiger partial charge in [0, 0.05) is 24.3 Å². The van der Waals surface area contributed by atoms with Crippen molar-refractivity contribution in [2.75, 3.05) is 18.4 Å². The quantitative estimate of drug-likeness (QED) is 0.434. The lowest BCUT2D eigenvalue weighted by Crippen LogP contribution is -2.36. The van der Waals surface area contributed by atoms with Crippen LogP contribution in [0, 0.1) is 5.92 Å². The van der Waals surface area contributed by atoms with E-state index in [9.17, 15) is 9.59 Å². The molecule has 1 rings (SSSR count). The Morgan fingerprint density at radius 3 is 2.36 bits per heavy atom. The molecule has 6 N–H and O–H groups in total. The third-order valence-corrected chi connectivity index (χ3v) is 4.40. The van der Waals surface area contributed by atoms with Crippen molar-refractivity contribution in [2.24, 2.45) is 17.4 Å². The topological polar surface area (TPSA) is 110 Å². The van der Waals surface area contributed by atoms with Crippen molar-refractivity contribution in [2.45, 2.75) is 52.0 Å². The maximum absolute atomic E-state index is 12.1. The Kier molecular flexibility index (Phi) is 9.62. The van der Waals surface area contributed by atoms with Crippen molar-refractivity contribution in [1.29, 1.82) is 0 Å². The molecule has 2 atom stereocenters. The number of hydrogen-bond acceptors (Lipinski definition) is 4. The highest BCUT2D eigenvalue weighted by atomic mass is 16.2.